The van der Waals surface area contributed by atoms with Crippen molar-refractivity contribution in [3.05, 3.63) is 23.5 Å². The SMILES string of the molecule is CC(C)C(C)(C)OB(O)c1ccc2nc(Cl)[nH]c2c1. The van der Waals surface area contributed by atoms with E-state index in [9.17, 15) is 5.02 Å². The minimum atomic E-state index is -0.969. The molecular formula is C13H18BClN2O2. The van der Waals surface area contributed by atoms with Gasteiger partial charge in [0.25, 0.3) is 0 Å². The van der Waals surface area contributed by atoms with Gasteiger partial charge < -0.3 is 14.7 Å². The van der Waals surface area contributed by atoms with Crippen molar-refractivity contribution in [3.8, 4) is 0 Å². The number of hydrogen-bond acceptors (Lipinski definition) is 3. The summed E-state index contributed by atoms with van der Waals surface area (Å²) in [4.78, 5) is 7.03. The van der Waals surface area contributed by atoms with E-state index >= 15 is 0 Å². The molecule has 1 heterocycles. The molecule has 0 amide bonds. The lowest BCUT2D eigenvalue weighted by molar-refractivity contribution is 0.0423. The summed E-state index contributed by atoms with van der Waals surface area (Å²) in [5.41, 5.74) is 1.83. The van der Waals surface area contributed by atoms with Crippen molar-refractivity contribution in [2.75, 3.05) is 0 Å². The van der Waals surface area contributed by atoms with Crippen molar-refractivity contribution in [1.29, 1.82) is 0 Å². The maximum Gasteiger partial charge on any atom is 0.491 e. The minimum absolute atomic E-state index is 0.299. The van der Waals surface area contributed by atoms with E-state index in [1.54, 1.807) is 12.1 Å². The summed E-state index contributed by atoms with van der Waals surface area (Å²) in [6.07, 6.45) is 0. The van der Waals surface area contributed by atoms with Crippen molar-refractivity contribution in [3.63, 3.8) is 0 Å². The number of H-pyrrole nitrogens is 1. The smallest absolute Gasteiger partial charge is 0.423 e. The number of aromatic amines is 1. The van der Waals surface area contributed by atoms with Gasteiger partial charge in [-0.05, 0) is 49.0 Å². The van der Waals surface area contributed by atoms with Crippen LogP contribution in [0.25, 0.3) is 11.0 Å². The third-order valence-corrected chi connectivity index (χ3v) is 3.75. The molecule has 1 aromatic carbocycles. The first-order valence-electron chi connectivity index (χ1n) is 6.30. The van der Waals surface area contributed by atoms with Crippen LogP contribution in [0.3, 0.4) is 0 Å². The lowest BCUT2D eigenvalue weighted by Crippen LogP contribution is -2.44. The van der Waals surface area contributed by atoms with Crippen LogP contribution < -0.4 is 5.46 Å². The number of nitrogens with one attached hydrogen (secondary N) is 1. The number of aromatic nitrogens is 2. The Morgan fingerprint density at radius 2 is 2.11 bits per heavy atom. The van der Waals surface area contributed by atoms with Gasteiger partial charge in [-0.1, -0.05) is 19.9 Å². The lowest BCUT2D eigenvalue weighted by atomic mass is 9.77. The van der Waals surface area contributed by atoms with Crippen LogP contribution in [0.2, 0.25) is 5.28 Å². The van der Waals surface area contributed by atoms with E-state index in [1.807, 2.05) is 19.9 Å². The molecule has 0 spiro atoms. The highest BCUT2D eigenvalue weighted by Gasteiger charge is 2.30. The van der Waals surface area contributed by atoms with E-state index in [4.69, 9.17) is 16.3 Å². The van der Waals surface area contributed by atoms with Gasteiger partial charge in [-0.2, -0.15) is 0 Å². The summed E-state index contributed by atoms with van der Waals surface area (Å²) < 4.78 is 5.73. The van der Waals surface area contributed by atoms with Gasteiger partial charge in [0.15, 0.2) is 0 Å². The van der Waals surface area contributed by atoms with Gasteiger partial charge in [0.2, 0.25) is 5.28 Å². The van der Waals surface area contributed by atoms with Crippen LogP contribution in [-0.2, 0) is 4.65 Å². The Bertz CT molecular complexity index is 583. The summed E-state index contributed by atoms with van der Waals surface area (Å²) in [5.74, 6) is 0.299. The fourth-order valence-electron chi connectivity index (χ4n) is 1.64. The lowest BCUT2D eigenvalue weighted by Gasteiger charge is -2.31. The molecule has 0 unspecified atom stereocenters. The van der Waals surface area contributed by atoms with Gasteiger partial charge in [-0.25, -0.2) is 4.98 Å². The van der Waals surface area contributed by atoms with Crippen molar-refractivity contribution < 1.29 is 9.68 Å². The largest absolute Gasteiger partial charge is 0.491 e. The number of imidazole rings is 1. The molecule has 2 rings (SSSR count). The second kappa shape index (κ2) is 5.15. The van der Waals surface area contributed by atoms with Crippen molar-refractivity contribution in [2.24, 2.45) is 5.92 Å². The zero-order valence-electron chi connectivity index (χ0n) is 11.6. The third kappa shape index (κ3) is 3.11. The van der Waals surface area contributed by atoms with E-state index in [2.05, 4.69) is 23.8 Å². The highest BCUT2D eigenvalue weighted by molar-refractivity contribution is 6.60. The zero-order chi connectivity index (χ0) is 14.2. The van der Waals surface area contributed by atoms with Crippen molar-refractivity contribution in [1.82, 2.24) is 9.97 Å². The average Bonchev–Trinajstić information content (AvgIpc) is 2.66. The van der Waals surface area contributed by atoms with Gasteiger partial charge in [0.1, 0.15) is 0 Å². The summed E-state index contributed by atoms with van der Waals surface area (Å²) in [6, 6.07) is 5.40. The molecule has 0 saturated carbocycles. The van der Waals surface area contributed by atoms with Crippen LogP contribution in [0.15, 0.2) is 18.2 Å². The maximum atomic E-state index is 10.2. The number of rotatable bonds is 4. The zero-order valence-corrected chi connectivity index (χ0v) is 12.3. The highest BCUT2D eigenvalue weighted by Crippen LogP contribution is 2.21. The van der Waals surface area contributed by atoms with E-state index < -0.39 is 12.7 Å². The quantitative estimate of drug-likeness (QED) is 0.845. The van der Waals surface area contributed by atoms with Crippen LogP contribution in [0.4, 0.5) is 0 Å². The van der Waals surface area contributed by atoms with Crippen LogP contribution in [-0.4, -0.2) is 27.7 Å². The Balaban J connectivity index is 2.23. The van der Waals surface area contributed by atoms with E-state index in [1.165, 1.54) is 0 Å². The molecule has 6 heteroatoms. The van der Waals surface area contributed by atoms with Gasteiger partial charge in [0.05, 0.1) is 16.6 Å². The van der Waals surface area contributed by atoms with Gasteiger partial charge in [-0.15, -0.1) is 0 Å². The standard InChI is InChI=1S/C13H18BClN2O2/c1-8(2)13(3,4)19-14(18)9-5-6-10-11(7-9)17-12(15)16-10/h5-8,18H,1-4H3,(H,16,17). The summed E-state index contributed by atoms with van der Waals surface area (Å²) in [5, 5.41) is 10.5. The Morgan fingerprint density at radius 3 is 2.74 bits per heavy atom. The fourth-order valence-corrected chi connectivity index (χ4v) is 1.83. The second-order valence-electron chi connectivity index (χ2n) is 5.53. The molecule has 0 radical (unpaired) electrons. The molecule has 1 aromatic heterocycles. The Kier molecular flexibility index (Phi) is 3.90. The first kappa shape index (κ1) is 14.4. The van der Waals surface area contributed by atoms with Crippen molar-refractivity contribution >= 4 is 35.2 Å². The first-order chi connectivity index (χ1) is 8.79. The van der Waals surface area contributed by atoms with E-state index in [0.29, 0.717) is 16.7 Å². The molecule has 0 bridgehead atoms. The van der Waals surface area contributed by atoms with Crippen LogP contribution in [0.5, 0.6) is 0 Å². The molecule has 4 nitrogen and oxygen atoms in total. The molecule has 0 fully saturated rings. The Labute approximate surface area is 118 Å². The van der Waals surface area contributed by atoms with Crippen LogP contribution >= 0.6 is 11.6 Å². The molecule has 0 aliphatic rings. The molecule has 102 valence electrons. The monoisotopic (exact) mass is 280 g/mol. The molecule has 0 aliphatic carbocycles. The molecule has 2 aromatic rings. The predicted octanol–water partition coefficient (Wildman–Crippen LogP) is 2.35. The molecular weight excluding hydrogens is 262 g/mol. The van der Waals surface area contributed by atoms with Gasteiger partial charge >= 0.3 is 7.12 Å². The van der Waals surface area contributed by atoms with Crippen LogP contribution in [0, 0.1) is 5.92 Å². The minimum Gasteiger partial charge on any atom is -0.423 e. The van der Waals surface area contributed by atoms with Crippen molar-refractivity contribution in [2.45, 2.75) is 33.3 Å². The number of nitrogens with zero attached hydrogens (tertiary/aromatic N) is 1. The highest BCUT2D eigenvalue weighted by atomic mass is 35.5. The van der Waals surface area contributed by atoms with E-state index in [0.717, 1.165) is 11.0 Å². The predicted molar refractivity (Wildman–Crippen MR) is 78.7 cm³/mol. The number of halogens is 1. The first-order valence-corrected chi connectivity index (χ1v) is 6.68. The topological polar surface area (TPSA) is 58.1 Å². The third-order valence-electron chi connectivity index (χ3n) is 3.57. The van der Waals surface area contributed by atoms with E-state index in [-0.39, 0.29) is 0 Å². The second-order valence-corrected chi connectivity index (χ2v) is 5.89. The molecule has 0 saturated heterocycles. The molecule has 19 heavy (non-hydrogen) atoms. The summed E-state index contributed by atoms with van der Waals surface area (Å²) in [7, 11) is -0.969. The van der Waals surface area contributed by atoms with Gasteiger partial charge in [0, 0.05) is 0 Å². The molecule has 0 aliphatic heterocycles. The Morgan fingerprint density at radius 1 is 1.42 bits per heavy atom. The Hall–Kier alpha value is -1.04. The number of fused-ring (bicyclic) bond motifs is 1. The molecule has 2 N–H and O–H groups in total. The number of hydrogen-bond donors (Lipinski definition) is 2. The van der Waals surface area contributed by atoms with Crippen LogP contribution in [0.1, 0.15) is 27.7 Å². The maximum absolute atomic E-state index is 10.2. The fraction of sp³-hybridized carbons (Fsp3) is 0.462. The van der Waals surface area contributed by atoms with Gasteiger partial charge in [-0.3, -0.25) is 0 Å². The average molecular weight is 281 g/mol. The summed E-state index contributed by atoms with van der Waals surface area (Å²) >= 11 is 5.80. The molecule has 0 atom stereocenters. The normalized spacial score (nSPS) is 12.4. The number of benzene rings is 1. The summed E-state index contributed by atoms with van der Waals surface area (Å²) in [6.45, 7) is 8.05.